The number of carbonyl (C=O) groups excluding carboxylic acids is 1. The van der Waals surface area contributed by atoms with Crippen LogP contribution in [0.2, 0.25) is 0 Å². The molecule has 2 aliphatic heterocycles. The number of rotatable bonds is 3. The molecule has 2 aromatic rings. The quantitative estimate of drug-likeness (QED) is 0.867. The van der Waals surface area contributed by atoms with Gasteiger partial charge in [0.25, 0.3) is 5.91 Å². The van der Waals surface area contributed by atoms with E-state index < -0.39 is 0 Å². The molecule has 2 saturated heterocycles. The van der Waals surface area contributed by atoms with E-state index in [4.69, 9.17) is 0 Å². The second-order valence-electron chi connectivity index (χ2n) is 6.21. The predicted octanol–water partition coefficient (Wildman–Crippen LogP) is 2.80. The molecule has 0 radical (unpaired) electrons. The molecule has 4 rings (SSSR count). The Hall–Kier alpha value is -1.24. The van der Waals surface area contributed by atoms with Gasteiger partial charge in [0, 0.05) is 43.0 Å². The summed E-state index contributed by atoms with van der Waals surface area (Å²) in [6.07, 6.45) is 1.13. The zero-order valence-electron chi connectivity index (χ0n) is 12.4. The van der Waals surface area contributed by atoms with Crippen molar-refractivity contribution in [3.63, 3.8) is 0 Å². The van der Waals surface area contributed by atoms with Gasteiger partial charge in [0.2, 0.25) is 0 Å². The van der Waals surface area contributed by atoms with E-state index in [1.54, 1.807) is 5.51 Å². The Bertz CT molecular complexity index is 626. The maximum Gasteiger partial charge on any atom is 0.273 e. The number of aromatic nitrogens is 1. The van der Waals surface area contributed by atoms with Crippen LogP contribution in [0.5, 0.6) is 0 Å². The van der Waals surface area contributed by atoms with E-state index in [0.29, 0.717) is 11.6 Å². The number of hydrogen-bond donors (Lipinski definition) is 0. The lowest BCUT2D eigenvalue weighted by Crippen LogP contribution is -2.43. The highest BCUT2D eigenvalue weighted by Gasteiger charge is 2.38. The first-order chi connectivity index (χ1) is 10.8. The molecule has 2 atom stereocenters. The number of likely N-dealkylation sites (tertiary alicyclic amines) is 2. The first kappa shape index (κ1) is 14.4. The third-order valence-electron chi connectivity index (χ3n) is 4.77. The van der Waals surface area contributed by atoms with E-state index in [9.17, 15) is 4.79 Å². The molecule has 0 aromatic carbocycles. The van der Waals surface area contributed by atoms with E-state index in [0.717, 1.165) is 38.5 Å². The molecular formula is C16H19N3OS2. The summed E-state index contributed by atoms with van der Waals surface area (Å²) in [5.74, 6) is 1.48. The summed E-state index contributed by atoms with van der Waals surface area (Å²) in [7, 11) is 0. The molecule has 2 aromatic heterocycles. The molecule has 116 valence electrons. The molecule has 1 amide bonds. The van der Waals surface area contributed by atoms with E-state index >= 15 is 0 Å². The number of thiophene rings is 1. The van der Waals surface area contributed by atoms with Crippen molar-refractivity contribution in [1.29, 1.82) is 0 Å². The van der Waals surface area contributed by atoms with E-state index in [2.05, 4.69) is 27.4 Å². The predicted molar refractivity (Wildman–Crippen MR) is 89.2 cm³/mol. The van der Waals surface area contributed by atoms with Crippen molar-refractivity contribution in [2.45, 2.75) is 13.0 Å². The summed E-state index contributed by atoms with van der Waals surface area (Å²) < 4.78 is 0. The van der Waals surface area contributed by atoms with Crippen molar-refractivity contribution in [2.24, 2.45) is 11.8 Å². The zero-order chi connectivity index (χ0) is 14.9. The second-order valence-corrected chi connectivity index (χ2v) is 7.96. The zero-order valence-corrected chi connectivity index (χ0v) is 14.0. The molecule has 4 nitrogen and oxygen atoms in total. The van der Waals surface area contributed by atoms with Gasteiger partial charge >= 0.3 is 0 Å². The van der Waals surface area contributed by atoms with E-state index in [1.165, 1.54) is 22.8 Å². The van der Waals surface area contributed by atoms with Crippen LogP contribution in [0.4, 0.5) is 0 Å². The summed E-state index contributed by atoms with van der Waals surface area (Å²) in [4.78, 5) is 22.6. The highest BCUT2D eigenvalue weighted by atomic mass is 32.1. The van der Waals surface area contributed by atoms with Gasteiger partial charge in [-0.1, -0.05) is 6.07 Å². The Morgan fingerprint density at radius 1 is 1.32 bits per heavy atom. The van der Waals surface area contributed by atoms with Crippen LogP contribution in [0.25, 0.3) is 0 Å². The standard InChI is InChI=1S/C16H19N3OS2/c20-16(15-10-21-11-17-15)19-4-3-12-6-18(7-13(12)8-19)9-14-2-1-5-22-14/h1-2,5,10-13H,3-4,6-9H2/t12-,13-/m1/s1. The minimum atomic E-state index is 0.108. The molecular weight excluding hydrogens is 314 g/mol. The maximum atomic E-state index is 12.4. The SMILES string of the molecule is O=C(c1cscn1)N1CC[C@@H]2CN(Cc3cccs3)C[C@@H]2C1. The summed E-state index contributed by atoms with van der Waals surface area (Å²) in [6, 6.07) is 4.34. The van der Waals surface area contributed by atoms with Crippen molar-refractivity contribution in [3.8, 4) is 0 Å². The van der Waals surface area contributed by atoms with Crippen molar-refractivity contribution < 1.29 is 4.79 Å². The van der Waals surface area contributed by atoms with Gasteiger partial charge in [0.1, 0.15) is 5.69 Å². The van der Waals surface area contributed by atoms with Gasteiger partial charge < -0.3 is 4.90 Å². The average Bonchev–Trinajstić information content (AvgIpc) is 3.27. The van der Waals surface area contributed by atoms with Gasteiger partial charge in [0.05, 0.1) is 5.51 Å². The van der Waals surface area contributed by atoms with E-state index in [1.807, 2.05) is 21.6 Å². The molecule has 0 spiro atoms. The minimum absolute atomic E-state index is 0.108. The van der Waals surface area contributed by atoms with Crippen LogP contribution in [-0.2, 0) is 6.54 Å². The van der Waals surface area contributed by atoms with Gasteiger partial charge in [-0.25, -0.2) is 4.98 Å². The number of piperidine rings is 1. The fourth-order valence-corrected chi connectivity index (χ4v) is 4.95. The van der Waals surface area contributed by atoms with Crippen LogP contribution in [0.15, 0.2) is 28.4 Å². The van der Waals surface area contributed by atoms with Gasteiger partial charge in [-0.05, 0) is 29.7 Å². The van der Waals surface area contributed by atoms with Crippen molar-refractivity contribution in [3.05, 3.63) is 39.0 Å². The molecule has 0 aliphatic carbocycles. The lowest BCUT2D eigenvalue weighted by molar-refractivity contribution is 0.0637. The number of carbonyl (C=O) groups is 1. The Balaban J connectivity index is 1.38. The minimum Gasteiger partial charge on any atom is -0.337 e. The fraction of sp³-hybridized carbons (Fsp3) is 0.500. The first-order valence-electron chi connectivity index (χ1n) is 7.72. The third-order valence-corrected chi connectivity index (χ3v) is 6.22. The summed E-state index contributed by atoms with van der Waals surface area (Å²) in [5, 5.41) is 4.00. The highest BCUT2D eigenvalue weighted by molar-refractivity contribution is 7.09. The van der Waals surface area contributed by atoms with Crippen molar-refractivity contribution >= 4 is 28.6 Å². The van der Waals surface area contributed by atoms with Crippen LogP contribution in [0.1, 0.15) is 21.8 Å². The van der Waals surface area contributed by atoms with Crippen LogP contribution in [-0.4, -0.2) is 46.9 Å². The van der Waals surface area contributed by atoms with E-state index in [-0.39, 0.29) is 5.91 Å². The van der Waals surface area contributed by atoms with Crippen LogP contribution in [0, 0.1) is 11.8 Å². The average molecular weight is 333 g/mol. The Labute approximate surface area is 138 Å². The monoisotopic (exact) mass is 333 g/mol. The van der Waals surface area contributed by atoms with Crippen LogP contribution < -0.4 is 0 Å². The number of thiazole rings is 1. The molecule has 0 saturated carbocycles. The van der Waals surface area contributed by atoms with Crippen LogP contribution >= 0.6 is 22.7 Å². The number of hydrogen-bond acceptors (Lipinski definition) is 5. The van der Waals surface area contributed by atoms with Crippen LogP contribution in [0.3, 0.4) is 0 Å². The molecule has 2 fully saturated rings. The molecule has 0 N–H and O–H groups in total. The summed E-state index contributed by atoms with van der Waals surface area (Å²) in [5.41, 5.74) is 2.34. The second kappa shape index (κ2) is 6.10. The van der Waals surface area contributed by atoms with Gasteiger partial charge in [-0.3, -0.25) is 9.69 Å². The first-order valence-corrected chi connectivity index (χ1v) is 9.54. The normalized spacial score (nSPS) is 25.4. The fourth-order valence-electron chi connectivity index (χ4n) is 3.68. The highest BCUT2D eigenvalue weighted by Crippen LogP contribution is 2.32. The smallest absolute Gasteiger partial charge is 0.273 e. The summed E-state index contributed by atoms with van der Waals surface area (Å²) in [6.45, 7) is 5.13. The molecule has 2 aliphatic rings. The van der Waals surface area contributed by atoms with Crippen molar-refractivity contribution in [2.75, 3.05) is 26.2 Å². The van der Waals surface area contributed by atoms with Crippen molar-refractivity contribution in [1.82, 2.24) is 14.8 Å². The molecule has 4 heterocycles. The molecule has 6 heteroatoms. The largest absolute Gasteiger partial charge is 0.337 e. The topological polar surface area (TPSA) is 36.4 Å². The Morgan fingerprint density at radius 3 is 3.00 bits per heavy atom. The summed E-state index contributed by atoms with van der Waals surface area (Å²) >= 11 is 3.32. The molecule has 0 unspecified atom stereocenters. The molecule has 0 bridgehead atoms. The van der Waals surface area contributed by atoms with Gasteiger partial charge in [0.15, 0.2) is 0 Å². The number of nitrogens with zero attached hydrogens (tertiary/aromatic N) is 3. The van der Waals surface area contributed by atoms with Gasteiger partial charge in [-0.15, -0.1) is 22.7 Å². The number of fused-ring (bicyclic) bond motifs is 1. The lowest BCUT2D eigenvalue weighted by Gasteiger charge is -2.34. The molecule has 22 heavy (non-hydrogen) atoms. The Morgan fingerprint density at radius 2 is 2.23 bits per heavy atom. The number of amides is 1. The maximum absolute atomic E-state index is 12.4. The third kappa shape index (κ3) is 2.83. The Kier molecular flexibility index (Phi) is 3.98. The van der Waals surface area contributed by atoms with Gasteiger partial charge in [-0.2, -0.15) is 0 Å². The lowest BCUT2D eigenvalue weighted by atomic mass is 9.88.